The van der Waals surface area contributed by atoms with Crippen LogP contribution in [0.1, 0.15) is 12.5 Å². The molecule has 0 fully saturated rings. The van der Waals surface area contributed by atoms with Crippen molar-refractivity contribution < 1.29 is 19.1 Å². The molecule has 0 saturated carbocycles. The minimum absolute atomic E-state index is 0.188. The molecule has 30 heavy (non-hydrogen) atoms. The van der Waals surface area contributed by atoms with Crippen molar-refractivity contribution in [2.75, 3.05) is 0 Å². The van der Waals surface area contributed by atoms with E-state index < -0.39 is 23.5 Å². The molecule has 2 heterocycles. The first-order valence-electron chi connectivity index (χ1n) is 9.39. The number of rotatable bonds is 5. The predicted octanol–water partition coefficient (Wildman–Crippen LogP) is 3.77. The summed E-state index contributed by atoms with van der Waals surface area (Å²) in [6, 6.07) is 19.1. The highest BCUT2D eigenvalue weighted by atomic mass is 16.5. The molecule has 4 rings (SSSR count). The number of hydrogen-bond donors (Lipinski definition) is 0. The average Bonchev–Trinajstić information content (AvgIpc) is 3.17. The van der Waals surface area contributed by atoms with Crippen LogP contribution in [0.4, 0.5) is 0 Å². The molecule has 0 amide bonds. The SMILES string of the molecule is CC1=CC(=O)[C@H](C(=O)/C=C\c2cn(-c3ccccc3)nc2-c2ccccc2)C(=O)O1. The molecule has 1 aromatic heterocycles. The molecule has 1 atom stereocenters. The Bertz CT molecular complexity index is 1170. The number of allylic oxidation sites excluding steroid dienone is 3. The van der Waals surface area contributed by atoms with Gasteiger partial charge < -0.3 is 4.74 Å². The van der Waals surface area contributed by atoms with Crippen molar-refractivity contribution in [2.24, 2.45) is 5.92 Å². The van der Waals surface area contributed by atoms with Gasteiger partial charge in [-0.05, 0) is 31.2 Å². The number of carbonyl (C=O) groups is 3. The molecule has 2 aromatic carbocycles. The maximum absolute atomic E-state index is 12.6. The zero-order chi connectivity index (χ0) is 21.1. The fourth-order valence-electron chi connectivity index (χ4n) is 3.21. The maximum Gasteiger partial charge on any atom is 0.329 e. The Morgan fingerprint density at radius 2 is 1.70 bits per heavy atom. The normalized spacial score (nSPS) is 16.4. The van der Waals surface area contributed by atoms with Crippen molar-refractivity contribution in [1.29, 1.82) is 0 Å². The van der Waals surface area contributed by atoms with Gasteiger partial charge in [0, 0.05) is 23.4 Å². The van der Waals surface area contributed by atoms with Crippen molar-refractivity contribution in [3.63, 3.8) is 0 Å². The molecule has 0 bridgehead atoms. The van der Waals surface area contributed by atoms with Gasteiger partial charge in [-0.25, -0.2) is 4.68 Å². The van der Waals surface area contributed by atoms with Crippen molar-refractivity contribution in [3.05, 3.63) is 90.3 Å². The van der Waals surface area contributed by atoms with E-state index >= 15 is 0 Å². The predicted molar refractivity (Wildman–Crippen MR) is 111 cm³/mol. The van der Waals surface area contributed by atoms with E-state index in [9.17, 15) is 14.4 Å². The van der Waals surface area contributed by atoms with Gasteiger partial charge >= 0.3 is 5.97 Å². The molecule has 3 aromatic rings. The molecule has 0 spiro atoms. The topological polar surface area (TPSA) is 78.3 Å². The third-order valence-corrected chi connectivity index (χ3v) is 4.65. The highest BCUT2D eigenvalue weighted by Crippen LogP contribution is 2.25. The van der Waals surface area contributed by atoms with E-state index in [1.165, 1.54) is 19.1 Å². The lowest BCUT2D eigenvalue weighted by molar-refractivity contribution is -0.151. The van der Waals surface area contributed by atoms with Crippen molar-refractivity contribution in [2.45, 2.75) is 6.92 Å². The van der Waals surface area contributed by atoms with Gasteiger partial charge in [0.15, 0.2) is 17.5 Å². The standard InChI is InChI=1S/C24H18N2O4/c1-16-14-21(28)22(24(29)30-16)20(27)13-12-18-15-26(19-10-6-3-7-11-19)25-23(18)17-8-4-2-5-9-17/h2-15,22H,1H3/b13-12-/t22-/m0/s1. The fourth-order valence-corrected chi connectivity index (χ4v) is 3.21. The Labute approximate surface area is 173 Å². The first kappa shape index (κ1) is 19.3. The summed E-state index contributed by atoms with van der Waals surface area (Å²) >= 11 is 0. The lowest BCUT2D eigenvalue weighted by Gasteiger charge is -2.15. The molecular formula is C24H18N2O4. The zero-order valence-electron chi connectivity index (χ0n) is 16.2. The molecule has 0 unspecified atom stereocenters. The van der Waals surface area contributed by atoms with E-state index in [1.807, 2.05) is 60.7 Å². The molecule has 6 heteroatoms. The number of cyclic esters (lactones) is 1. The highest BCUT2D eigenvalue weighted by Gasteiger charge is 2.36. The third-order valence-electron chi connectivity index (χ3n) is 4.65. The van der Waals surface area contributed by atoms with Crippen LogP contribution in [0.2, 0.25) is 0 Å². The van der Waals surface area contributed by atoms with Crippen LogP contribution < -0.4 is 0 Å². The van der Waals surface area contributed by atoms with E-state index in [0.717, 1.165) is 11.3 Å². The smallest absolute Gasteiger partial charge is 0.329 e. The average molecular weight is 398 g/mol. The number of aromatic nitrogens is 2. The maximum atomic E-state index is 12.6. The first-order chi connectivity index (χ1) is 14.5. The molecule has 1 aliphatic rings. The number of nitrogens with zero attached hydrogens (tertiary/aromatic N) is 2. The summed E-state index contributed by atoms with van der Waals surface area (Å²) < 4.78 is 6.65. The summed E-state index contributed by atoms with van der Waals surface area (Å²) in [5.41, 5.74) is 3.11. The number of benzene rings is 2. The largest absolute Gasteiger partial charge is 0.430 e. The highest BCUT2D eigenvalue weighted by molar-refractivity contribution is 6.25. The van der Waals surface area contributed by atoms with Crippen LogP contribution in [0.25, 0.3) is 23.0 Å². The van der Waals surface area contributed by atoms with Crippen LogP contribution in [0, 0.1) is 5.92 Å². The van der Waals surface area contributed by atoms with Gasteiger partial charge in [-0.15, -0.1) is 0 Å². The summed E-state index contributed by atoms with van der Waals surface area (Å²) in [6.45, 7) is 1.50. The fraction of sp³-hybridized carbons (Fsp3) is 0.0833. The molecule has 1 aliphatic heterocycles. The van der Waals surface area contributed by atoms with E-state index in [1.54, 1.807) is 17.0 Å². The van der Waals surface area contributed by atoms with Crippen LogP contribution >= 0.6 is 0 Å². The minimum Gasteiger partial charge on any atom is -0.430 e. The number of para-hydroxylation sites is 1. The van der Waals surface area contributed by atoms with E-state index in [4.69, 9.17) is 4.74 Å². The molecule has 0 aliphatic carbocycles. The second-order valence-electron chi connectivity index (χ2n) is 6.83. The molecule has 148 valence electrons. The third kappa shape index (κ3) is 3.89. The van der Waals surface area contributed by atoms with Gasteiger partial charge in [0.2, 0.25) is 0 Å². The van der Waals surface area contributed by atoms with Crippen LogP contribution in [0.5, 0.6) is 0 Å². The molecular weight excluding hydrogens is 380 g/mol. The number of ether oxygens (including phenoxy) is 1. The Morgan fingerprint density at radius 1 is 1.03 bits per heavy atom. The summed E-state index contributed by atoms with van der Waals surface area (Å²) in [5, 5.41) is 4.67. The van der Waals surface area contributed by atoms with E-state index in [-0.39, 0.29) is 5.76 Å². The lowest BCUT2D eigenvalue weighted by atomic mass is 9.95. The first-order valence-corrected chi connectivity index (χ1v) is 9.39. The Morgan fingerprint density at radius 3 is 2.37 bits per heavy atom. The van der Waals surface area contributed by atoms with Gasteiger partial charge in [-0.1, -0.05) is 48.5 Å². The van der Waals surface area contributed by atoms with Crippen LogP contribution in [0.3, 0.4) is 0 Å². The molecule has 0 saturated heterocycles. The van der Waals surface area contributed by atoms with Crippen molar-refractivity contribution >= 4 is 23.6 Å². The van der Waals surface area contributed by atoms with Crippen molar-refractivity contribution in [1.82, 2.24) is 9.78 Å². The Kier molecular flexibility index (Phi) is 5.22. The van der Waals surface area contributed by atoms with Crippen molar-refractivity contribution in [3.8, 4) is 16.9 Å². The quantitative estimate of drug-likeness (QED) is 0.371. The summed E-state index contributed by atoms with van der Waals surface area (Å²) in [6.07, 6.45) is 5.77. The zero-order valence-corrected chi connectivity index (χ0v) is 16.2. The summed E-state index contributed by atoms with van der Waals surface area (Å²) in [4.78, 5) is 36.6. The van der Waals surface area contributed by atoms with Gasteiger partial charge in [0.25, 0.3) is 0 Å². The lowest BCUT2D eigenvalue weighted by Crippen LogP contribution is -2.34. The van der Waals surface area contributed by atoms with Crippen LogP contribution in [-0.4, -0.2) is 27.3 Å². The number of hydrogen-bond acceptors (Lipinski definition) is 5. The monoisotopic (exact) mass is 398 g/mol. The Hall–Kier alpha value is -4.06. The van der Waals surface area contributed by atoms with E-state index in [2.05, 4.69) is 5.10 Å². The van der Waals surface area contributed by atoms with Crippen LogP contribution in [0.15, 0.2) is 84.8 Å². The number of esters is 1. The van der Waals surface area contributed by atoms with Crippen LogP contribution in [-0.2, 0) is 19.1 Å². The van der Waals surface area contributed by atoms with E-state index in [0.29, 0.717) is 11.3 Å². The van der Waals surface area contributed by atoms with Gasteiger partial charge in [0.05, 0.1) is 11.4 Å². The second-order valence-corrected chi connectivity index (χ2v) is 6.83. The molecule has 6 nitrogen and oxygen atoms in total. The molecule has 0 N–H and O–H groups in total. The van der Waals surface area contributed by atoms with Gasteiger partial charge in [-0.2, -0.15) is 5.10 Å². The summed E-state index contributed by atoms with van der Waals surface area (Å²) in [5.74, 6) is -3.32. The number of ketones is 2. The van der Waals surface area contributed by atoms with Gasteiger partial charge in [0.1, 0.15) is 5.76 Å². The summed E-state index contributed by atoms with van der Waals surface area (Å²) in [7, 11) is 0. The Balaban J connectivity index is 1.69. The minimum atomic E-state index is -1.46. The number of carbonyl (C=O) groups excluding carboxylic acids is 3. The molecule has 0 radical (unpaired) electrons. The second kappa shape index (κ2) is 8.13. The van der Waals surface area contributed by atoms with Gasteiger partial charge in [-0.3, -0.25) is 14.4 Å².